The van der Waals surface area contributed by atoms with E-state index in [1.807, 2.05) is 12.3 Å². The maximum atomic E-state index is 13.5. The number of halogens is 4. The number of anilines is 1. The number of carbonyl (C=O) groups excluding carboxylic acids is 1. The fourth-order valence-electron chi connectivity index (χ4n) is 3.03. The van der Waals surface area contributed by atoms with Crippen LogP contribution in [0.4, 0.5) is 23.2 Å². The highest BCUT2D eigenvalue weighted by molar-refractivity contribution is 7.98. The second kappa shape index (κ2) is 9.15. The zero-order chi connectivity index (χ0) is 23.6. The van der Waals surface area contributed by atoms with Crippen molar-refractivity contribution in [3.05, 3.63) is 70.9 Å². The highest BCUT2D eigenvalue weighted by Gasteiger charge is 2.36. The van der Waals surface area contributed by atoms with Gasteiger partial charge in [-0.1, -0.05) is 6.07 Å². The van der Waals surface area contributed by atoms with E-state index < -0.39 is 23.6 Å². The van der Waals surface area contributed by atoms with Gasteiger partial charge in [-0.25, -0.2) is 9.97 Å². The molecule has 3 rings (SSSR count). The van der Waals surface area contributed by atoms with E-state index >= 15 is 0 Å². The third-order valence-electron chi connectivity index (χ3n) is 4.78. The Morgan fingerprint density at radius 2 is 1.88 bits per heavy atom. The molecular weight excluding hydrogens is 446 g/mol. The predicted molar refractivity (Wildman–Crippen MR) is 114 cm³/mol. The summed E-state index contributed by atoms with van der Waals surface area (Å²) in [4.78, 5) is 22.9. The van der Waals surface area contributed by atoms with Crippen LogP contribution in [0.1, 0.15) is 27.2 Å². The van der Waals surface area contributed by atoms with Gasteiger partial charge in [-0.05, 0) is 56.0 Å². The molecule has 10 heteroatoms. The van der Waals surface area contributed by atoms with Crippen LogP contribution in [0.5, 0.6) is 11.6 Å². The maximum absolute atomic E-state index is 13.5. The van der Waals surface area contributed by atoms with Gasteiger partial charge in [-0.3, -0.25) is 4.79 Å². The molecule has 168 valence electrons. The molecule has 32 heavy (non-hydrogen) atoms. The number of pyridine rings is 2. The number of aromatic nitrogens is 2. The molecule has 0 N–H and O–H groups in total. The summed E-state index contributed by atoms with van der Waals surface area (Å²) in [7, 11) is 1.45. The first-order valence-corrected chi connectivity index (χ1v) is 10.5. The molecule has 0 aliphatic carbocycles. The average molecular weight is 465 g/mol. The minimum Gasteiger partial charge on any atom is -0.436 e. The summed E-state index contributed by atoms with van der Waals surface area (Å²) in [6.07, 6.45) is -2.23. The first kappa shape index (κ1) is 23.5. The largest absolute Gasteiger partial charge is 0.436 e. The van der Waals surface area contributed by atoms with Crippen LogP contribution in [-0.2, 0) is 6.18 Å². The number of amides is 1. The molecule has 1 aromatic carbocycles. The summed E-state index contributed by atoms with van der Waals surface area (Å²) in [6, 6.07) is 9.32. The molecule has 3 aromatic rings. The number of hydrogen-bond acceptors (Lipinski definition) is 5. The molecule has 2 aromatic heterocycles. The van der Waals surface area contributed by atoms with E-state index in [9.17, 15) is 22.4 Å². The third kappa shape index (κ3) is 4.85. The molecule has 2 heterocycles. The van der Waals surface area contributed by atoms with Crippen molar-refractivity contribution in [1.29, 1.82) is 0 Å². The highest BCUT2D eigenvalue weighted by Crippen LogP contribution is 2.37. The monoisotopic (exact) mass is 465 g/mol. The molecule has 0 bridgehead atoms. The summed E-state index contributed by atoms with van der Waals surface area (Å²) in [6.45, 7) is 2.66. The predicted octanol–water partition coefficient (Wildman–Crippen LogP) is 6.04. The van der Waals surface area contributed by atoms with Crippen LogP contribution in [0, 0.1) is 19.8 Å². The number of carbonyl (C=O) groups is 1. The number of nitrogens with zero attached hydrogens (tertiary/aromatic N) is 3. The van der Waals surface area contributed by atoms with Crippen molar-refractivity contribution < 1.29 is 27.1 Å². The smallest absolute Gasteiger partial charge is 0.418 e. The standard InChI is InChI=1S/C22H19F4N3O2S/c1-12-16(22(24,25)26)11-27-20(31-17-8-9-18(23)28-13(17)2)19(12)21(30)29(3)14-6-5-7-15(10-14)32-4/h5-11H,1-4H3. The normalized spacial score (nSPS) is 11.4. The first-order valence-electron chi connectivity index (χ1n) is 9.32. The molecule has 0 radical (unpaired) electrons. The third-order valence-corrected chi connectivity index (χ3v) is 5.50. The Morgan fingerprint density at radius 3 is 2.50 bits per heavy atom. The number of rotatable bonds is 5. The zero-order valence-electron chi connectivity index (χ0n) is 17.6. The van der Waals surface area contributed by atoms with E-state index in [1.165, 1.54) is 43.6 Å². The molecule has 5 nitrogen and oxygen atoms in total. The summed E-state index contributed by atoms with van der Waals surface area (Å²) < 4.78 is 59.5. The van der Waals surface area contributed by atoms with Gasteiger partial charge < -0.3 is 9.64 Å². The molecule has 0 aliphatic rings. The molecule has 0 saturated heterocycles. The Labute approximate surface area is 186 Å². The van der Waals surface area contributed by atoms with Gasteiger partial charge in [0.2, 0.25) is 11.8 Å². The zero-order valence-corrected chi connectivity index (χ0v) is 18.4. The van der Waals surface area contributed by atoms with Crippen LogP contribution in [-0.4, -0.2) is 29.2 Å². The first-order chi connectivity index (χ1) is 15.0. The molecule has 0 aliphatic heterocycles. The minimum absolute atomic E-state index is 0.0687. The number of benzene rings is 1. The number of ether oxygens (including phenoxy) is 1. The van der Waals surface area contributed by atoms with E-state index in [-0.39, 0.29) is 28.5 Å². The summed E-state index contributed by atoms with van der Waals surface area (Å²) in [5.41, 5.74) is -1.07. The van der Waals surface area contributed by atoms with Crippen molar-refractivity contribution in [3.8, 4) is 11.6 Å². The Morgan fingerprint density at radius 1 is 1.16 bits per heavy atom. The maximum Gasteiger partial charge on any atom is 0.418 e. The van der Waals surface area contributed by atoms with E-state index in [0.29, 0.717) is 11.9 Å². The molecule has 0 unspecified atom stereocenters. The van der Waals surface area contributed by atoms with Gasteiger partial charge in [0.25, 0.3) is 5.91 Å². The SMILES string of the molecule is CSc1cccc(N(C)C(=O)c2c(Oc3ccc(F)nc3C)ncc(C(F)(F)F)c2C)c1. The molecule has 0 fully saturated rings. The number of thioether (sulfide) groups is 1. The van der Waals surface area contributed by atoms with Crippen molar-refractivity contribution in [3.63, 3.8) is 0 Å². The molecular formula is C22H19F4N3O2S. The molecule has 0 saturated carbocycles. The lowest BCUT2D eigenvalue weighted by Gasteiger charge is -2.22. The lowest BCUT2D eigenvalue weighted by Crippen LogP contribution is -2.28. The number of hydrogen-bond donors (Lipinski definition) is 0. The van der Waals surface area contributed by atoms with E-state index in [0.717, 1.165) is 11.0 Å². The summed E-state index contributed by atoms with van der Waals surface area (Å²) >= 11 is 1.46. The lowest BCUT2D eigenvalue weighted by molar-refractivity contribution is -0.138. The van der Waals surface area contributed by atoms with Crippen LogP contribution >= 0.6 is 11.8 Å². The van der Waals surface area contributed by atoms with Crippen LogP contribution in [0.2, 0.25) is 0 Å². The van der Waals surface area contributed by atoms with Crippen molar-refractivity contribution >= 4 is 23.4 Å². The Hall–Kier alpha value is -3.14. The summed E-state index contributed by atoms with van der Waals surface area (Å²) in [5, 5.41) is 0. The van der Waals surface area contributed by atoms with Gasteiger partial charge in [-0.15, -0.1) is 11.8 Å². The van der Waals surface area contributed by atoms with Crippen molar-refractivity contribution in [1.82, 2.24) is 9.97 Å². The molecule has 0 atom stereocenters. The Balaban J connectivity index is 2.12. The van der Waals surface area contributed by atoms with Gasteiger partial charge in [-0.2, -0.15) is 17.6 Å². The van der Waals surface area contributed by atoms with Gasteiger partial charge in [0.05, 0.1) is 11.3 Å². The Kier molecular flexibility index (Phi) is 6.73. The average Bonchev–Trinajstić information content (AvgIpc) is 2.74. The highest BCUT2D eigenvalue weighted by atomic mass is 32.2. The van der Waals surface area contributed by atoms with Crippen LogP contribution in [0.15, 0.2) is 47.5 Å². The fourth-order valence-corrected chi connectivity index (χ4v) is 3.48. The Bertz CT molecular complexity index is 1170. The number of alkyl halides is 3. The topological polar surface area (TPSA) is 55.3 Å². The van der Waals surface area contributed by atoms with Crippen LogP contribution in [0.3, 0.4) is 0 Å². The second-order valence-corrected chi connectivity index (χ2v) is 7.74. The molecule has 0 spiro atoms. The van der Waals surface area contributed by atoms with Crippen LogP contribution in [0.25, 0.3) is 0 Å². The quantitative estimate of drug-likeness (QED) is 0.261. The van der Waals surface area contributed by atoms with Gasteiger partial charge in [0, 0.05) is 23.8 Å². The minimum atomic E-state index is -4.71. The number of aryl methyl sites for hydroxylation is 1. The lowest BCUT2D eigenvalue weighted by atomic mass is 10.0. The van der Waals surface area contributed by atoms with Crippen molar-refractivity contribution in [2.45, 2.75) is 24.9 Å². The summed E-state index contributed by atoms with van der Waals surface area (Å²) in [5.74, 6) is -1.73. The van der Waals surface area contributed by atoms with Gasteiger partial charge >= 0.3 is 6.18 Å². The van der Waals surface area contributed by atoms with E-state index in [1.54, 1.807) is 18.2 Å². The fraction of sp³-hybridized carbons (Fsp3) is 0.227. The molecule has 1 amide bonds. The van der Waals surface area contributed by atoms with Crippen molar-refractivity contribution in [2.24, 2.45) is 0 Å². The van der Waals surface area contributed by atoms with E-state index in [2.05, 4.69) is 9.97 Å². The van der Waals surface area contributed by atoms with Gasteiger partial charge in [0.15, 0.2) is 5.75 Å². The van der Waals surface area contributed by atoms with Crippen molar-refractivity contribution in [2.75, 3.05) is 18.2 Å². The van der Waals surface area contributed by atoms with Gasteiger partial charge in [0.1, 0.15) is 5.56 Å². The second-order valence-electron chi connectivity index (χ2n) is 6.86. The van der Waals surface area contributed by atoms with Crippen LogP contribution < -0.4 is 9.64 Å². The van der Waals surface area contributed by atoms with E-state index in [4.69, 9.17) is 4.74 Å².